The van der Waals surface area contributed by atoms with Crippen molar-refractivity contribution in [2.45, 2.75) is 38.3 Å². The lowest BCUT2D eigenvalue weighted by Gasteiger charge is -2.35. The average Bonchev–Trinajstić information content (AvgIpc) is 3.40. The average molecular weight is 419 g/mol. The van der Waals surface area contributed by atoms with E-state index in [1.807, 2.05) is 18.4 Å². The number of hydrazine groups is 1. The van der Waals surface area contributed by atoms with Crippen molar-refractivity contribution in [2.24, 2.45) is 0 Å². The zero-order chi connectivity index (χ0) is 19.9. The fourth-order valence-electron chi connectivity index (χ4n) is 3.69. The van der Waals surface area contributed by atoms with Crippen molar-refractivity contribution >= 4 is 40.5 Å². The van der Waals surface area contributed by atoms with Gasteiger partial charge in [-0.3, -0.25) is 19.9 Å². The first-order chi connectivity index (χ1) is 13.4. The number of nitrogens with one attached hydrogen (secondary N) is 2. The molecule has 4 rings (SSSR count). The lowest BCUT2D eigenvalue weighted by Crippen LogP contribution is -2.52. The number of rotatable bonds is 5. The van der Waals surface area contributed by atoms with Gasteiger partial charge in [-0.25, -0.2) is 4.79 Å². The normalized spacial score (nSPS) is 24.9. The maximum Gasteiger partial charge on any atom is 0.344 e. The highest BCUT2D eigenvalue weighted by molar-refractivity contribution is 7.10. The molecule has 1 fully saturated rings. The van der Waals surface area contributed by atoms with Gasteiger partial charge in [-0.1, -0.05) is 13.0 Å². The van der Waals surface area contributed by atoms with Crippen molar-refractivity contribution in [3.63, 3.8) is 0 Å². The molecule has 148 valence electrons. The highest BCUT2D eigenvalue weighted by atomic mass is 32.1. The van der Waals surface area contributed by atoms with E-state index in [4.69, 9.17) is 0 Å². The monoisotopic (exact) mass is 418 g/mol. The lowest BCUT2D eigenvalue weighted by atomic mass is 9.98. The molecular weight excluding hydrogens is 396 g/mol. The molecule has 0 unspecified atom stereocenters. The molecule has 2 aliphatic rings. The molecule has 28 heavy (non-hydrogen) atoms. The summed E-state index contributed by atoms with van der Waals surface area (Å²) < 4.78 is 0. The molecular formula is C19H22N4O3S2. The summed E-state index contributed by atoms with van der Waals surface area (Å²) in [7, 11) is 0. The van der Waals surface area contributed by atoms with Gasteiger partial charge in [0.05, 0.1) is 12.6 Å². The minimum absolute atomic E-state index is 0.0183. The third-order valence-corrected chi connectivity index (χ3v) is 7.35. The van der Waals surface area contributed by atoms with Gasteiger partial charge in [0.2, 0.25) is 0 Å². The fraction of sp³-hybridized carbons (Fsp3) is 0.421. The second-order valence-corrected chi connectivity index (χ2v) is 9.21. The molecule has 2 aromatic heterocycles. The summed E-state index contributed by atoms with van der Waals surface area (Å²) in [6, 6.07) is 5.65. The van der Waals surface area contributed by atoms with Gasteiger partial charge in [0.25, 0.3) is 11.8 Å². The van der Waals surface area contributed by atoms with E-state index in [0.29, 0.717) is 6.42 Å². The van der Waals surface area contributed by atoms with Crippen molar-refractivity contribution < 1.29 is 14.4 Å². The molecule has 0 aromatic carbocycles. The summed E-state index contributed by atoms with van der Waals surface area (Å²) in [6.07, 6.45) is 1.34. The van der Waals surface area contributed by atoms with Crippen LogP contribution in [0, 0.1) is 0 Å². The minimum atomic E-state index is -0.972. The maximum absolute atomic E-state index is 12.7. The molecule has 0 saturated carbocycles. The number of hydrogen-bond acceptors (Lipinski definition) is 6. The molecule has 2 aliphatic heterocycles. The van der Waals surface area contributed by atoms with Gasteiger partial charge in [0.15, 0.2) is 0 Å². The van der Waals surface area contributed by atoms with Crippen LogP contribution in [0.2, 0.25) is 0 Å². The third-order valence-electron chi connectivity index (χ3n) is 5.43. The Morgan fingerprint density at radius 1 is 1.32 bits per heavy atom. The highest BCUT2D eigenvalue weighted by Gasteiger charge is 2.47. The molecule has 2 atom stereocenters. The number of imide groups is 1. The largest absolute Gasteiger partial charge is 0.344 e. The Balaban J connectivity index is 1.50. The van der Waals surface area contributed by atoms with Gasteiger partial charge in [-0.15, -0.1) is 22.7 Å². The molecule has 0 radical (unpaired) electrons. The first kappa shape index (κ1) is 19.1. The van der Waals surface area contributed by atoms with E-state index in [-0.39, 0.29) is 18.5 Å². The highest BCUT2D eigenvalue weighted by Crippen LogP contribution is 2.39. The number of thiophene rings is 2. The van der Waals surface area contributed by atoms with Gasteiger partial charge in [0, 0.05) is 16.3 Å². The second kappa shape index (κ2) is 7.31. The van der Waals surface area contributed by atoms with Gasteiger partial charge >= 0.3 is 6.03 Å². The molecule has 7 nitrogen and oxygen atoms in total. The zero-order valence-corrected chi connectivity index (χ0v) is 17.4. The van der Waals surface area contributed by atoms with Crippen LogP contribution in [0.25, 0.3) is 0 Å². The summed E-state index contributed by atoms with van der Waals surface area (Å²) >= 11 is 3.41. The van der Waals surface area contributed by atoms with Gasteiger partial charge in [-0.2, -0.15) is 5.01 Å². The van der Waals surface area contributed by atoms with Crippen LogP contribution in [0.3, 0.4) is 0 Å². The van der Waals surface area contributed by atoms with E-state index < -0.39 is 17.5 Å². The Bertz CT molecular complexity index is 910. The van der Waals surface area contributed by atoms with Crippen molar-refractivity contribution in [1.82, 2.24) is 20.7 Å². The first-order valence-corrected chi connectivity index (χ1v) is 11.0. The Kier molecular flexibility index (Phi) is 4.98. The Morgan fingerprint density at radius 2 is 2.14 bits per heavy atom. The molecule has 4 amide bonds. The predicted molar refractivity (Wildman–Crippen MR) is 108 cm³/mol. The first-order valence-electron chi connectivity index (χ1n) is 9.23. The molecule has 2 N–H and O–H groups in total. The summed E-state index contributed by atoms with van der Waals surface area (Å²) in [4.78, 5) is 42.0. The van der Waals surface area contributed by atoms with E-state index >= 15 is 0 Å². The maximum atomic E-state index is 12.7. The van der Waals surface area contributed by atoms with Gasteiger partial charge < -0.3 is 5.32 Å². The number of carbonyl (C=O) groups excluding carboxylic acids is 3. The molecule has 0 spiro atoms. The molecule has 1 saturated heterocycles. The molecule has 9 heteroatoms. The lowest BCUT2D eigenvalue weighted by molar-refractivity contribution is -0.139. The second-order valence-electron chi connectivity index (χ2n) is 7.23. The van der Waals surface area contributed by atoms with Crippen molar-refractivity contribution in [2.75, 3.05) is 13.1 Å². The smallest absolute Gasteiger partial charge is 0.322 e. The van der Waals surface area contributed by atoms with Gasteiger partial charge in [0.1, 0.15) is 5.54 Å². The summed E-state index contributed by atoms with van der Waals surface area (Å²) in [5, 5.41) is 7.58. The Labute approximate surface area is 171 Å². The minimum Gasteiger partial charge on any atom is -0.322 e. The molecule has 4 heterocycles. The number of hydrogen-bond donors (Lipinski definition) is 2. The van der Waals surface area contributed by atoms with Crippen LogP contribution in [-0.2, 0) is 16.0 Å². The number of carbonyl (C=O) groups is 3. The molecule has 0 aliphatic carbocycles. The molecule has 0 bridgehead atoms. The fourth-order valence-corrected chi connectivity index (χ4v) is 5.47. The van der Waals surface area contributed by atoms with E-state index in [2.05, 4.69) is 33.2 Å². The van der Waals surface area contributed by atoms with Crippen LogP contribution in [-0.4, -0.2) is 46.4 Å². The standard InChI is InChI=1S/C19H22N4O3S2/c1-3-19(2)17(25)23(18(26)20-19)21-15(24)11-22-8-6-13-12(7-10-28-13)16(22)14-5-4-9-27-14/h4-5,7,9-10,16H,3,6,8,11H2,1-2H3,(H,20,26)(H,21,24)/t16-,19-/m1/s1. The van der Waals surface area contributed by atoms with E-state index in [0.717, 1.165) is 18.0 Å². The third kappa shape index (κ3) is 3.23. The van der Waals surface area contributed by atoms with Crippen LogP contribution >= 0.6 is 22.7 Å². The number of fused-ring (bicyclic) bond motifs is 1. The SMILES string of the molecule is CC[C@@]1(C)NC(=O)N(NC(=O)CN2CCc3sccc3[C@@H]2c2cccs2)C1=O. The number of nitrogens with zero attached hydrogens (tertiary/aromatic N) is 2. The Morgan fingerprint density at radius 3 is 2.82 bits per heavy atom. The van der Waals surface area contributed by atoms with E-state index in [1.54, 1.807) is 29.6 Å². The van der Waals surface area contributed by atoms with Crippen molar-refractivity contribution in [3.8, 4) is 0 Å². The summed E-state index contributed by atoms with van der Waals surface area (Å²) in [6.45, 7) is 4.34. The summed E-state index contributed by atoms with van der Waals surface area (Å²) in [5.41, 5.74) is 2.76. The topological polar surface area (TPSA) is 81.8 Å². The quantitative estimate of drug-likeness (QED) is 0.731. The Hall–Kier alpha value is -2.23. The van der Waals surface area contributed by atoms with Crippen LogP contribution in [0.15, 0.2) is 29.0 Å². The molecule has 2 aromatic rings. The van der Waals surface area contributed by atoms with Crippen molar-refractivity contribution in [1.29, 1.82) is 0 Å². The van der Waals surface area contributed by atoms with Crippen LogP contribution in [0.5, 0.6) is 0 Å². The number of amides is 4. The number of urea groups is 1. The zero-order valence-electron chi connectivity index (χ0n) is 15.7. The summed E-state index contributed by atoms with van der Waals surface area (Å²) in [5.74, 6) is -0.800. The van der Waals surface area contributed by atoms with Gasteiger partial charge in [-0.05, 0) is 48.2 Å². The van der Waals surface area contributed by atoms with Crippen LogP contribution in [0.4, 0.5) is 4.79 Å². The van der Waals surface area contributed by atoms with Crippen molar-refractivity contribution in [3.05, 3.63) is 44.3 Å². The van der Waals surface area contributed by atoms with E-state index in [1.165, 1.54) is 15.3 Å². The van der Waals surface area contributed by atoms with Crippen LogP contribution < -0.4 is 10.7 Å². The van der Waals surface area contributed by atoms with Crippen LogP contribution in [0.1, 0.15) is 41.6 Å². The van der Waals surface area contributed by atoms with E-state index in [9.17, 15) is 14.4 Å². The predicted octanol–water partition coefficient (Wildman–Crippen LogP) is 2.51.